The molecule has 2 aliphatic carbocycles. The van der Waals surface area contributed by atoms with E-state index in [-0.39, 0.29) is 0 Å². The molecule has 0 aromatic carbocycles. The van der Waals surface area contributed by atoms with Crippen molar-refractivity contribution >= 4 is 11.8 Å². The van der Waals surface area contributed by atoms with Crippen molar-refractivity contribution in [2.75, 3.05) is 0 Å². The molecule has 20 heavy (non-hydrogen) atoms. The lowest BCUT2D eigenvalue weighted by atomic mass is 10.3. The maximum absolute atomic E-state index is 5.76. The molecule has 0 spiro atoms. The van der Waals surface area contributed by atoms with E-state index >= 15 is 0 Å². The molecule has 2 N–H and O–H groups in total. The fourth-order valence-corrected chi connectivity index (χ4v) is 3.44. The van der Waals surface area contributed by atoms with Crippen molar-refractivity contribution < 1.29 is 0 Å². The maximum atomic E-state index is 5.76. The van der Waals surface area contributed by atoms with Gasteiger partial charge in [-0.1, -0.05) is 0 Å². The van der Waals surface area contributed by atoms with Crippen LogP contribution in [-0.2, 0) is 6.54 Å². The van der Waals surface area contributed by atoms with Crippen molar-refractivity contribution in [3.63, 3.8) is 0 Å². The second-order valence-corrected chi connectivity index (χ2v) is 6.48. The highest BCUT2D eigenvalue weighted by Crippen LogP contribution is 2.46. The number of rotatable bonds is 5. The molecule has 104 valence electrons. The summed E-state index contributed by atoms with van der Waals surface area (Å²) in [5.41, 5.74) is 6.69. The van der Waals surface area contributed by atoms with Crippen molar-refractivity contribution in [3.05, 3.63) is 29.8 Å². The first-order valence-corrected chi connectivity index (χ1v) is 7.95. The molecule has 2 heterocycles. The minimum absolute atomic E-state index is 0.455. The molecular formula is C14H17N5S. The molecule has 2 aliphatic rings. The zero-order valence-electron chi connectivity index (χ0n) is 11.2. The standard InChI is InChI=1S/C14H17N5S/c15-8-11-12(2-1-7-16-11)20-14-18-17-13(9-3-4-9)19(14)10-5-6-10/h1-2,7,9-10H,3-6,8,15H2. The Bertz CT molecular complexity index is 630. The van der Waals surface area contributed by atoms with Gasteiger partial charge in [-0.05, 0) is 49.6 Å². The van der Waals surface area contributed by atoms with Gasteiger partial charge >= 0.3 is 0 Å². The van der Waals surface area contributed by atoms with Gasteiger partial charge in [0.05, 0.1) is 5.69 Å². The van der Waals surface area contributed by atoms with Gasteiger partial charge in [-0.15, -0.1) is 10.2 Å². The van der Waals surface area contributed by atoms with E-state index in [0.29, 0.717) is 18.5 Å². The van der Waals surface area contributed by atoms with Crippen LogP contribution in [0, 0.1) is 0 Å². The van der Waals surface area contributed by atoms with E-state index in [4.69, 9.17) is 5.73 Å². The molecule has 0 aliphatic heterocycles. The van der Waals surface area contributed by atoms with Gasteiger partial charge in [0, 0.05) is 29.6 Å². The van der Waals surface area contributed by atoms with Gasteiger partial charge in [-0.25, -0.2) is 0 Å². The summed E-state index contributed by atoms with van der Waals surface area (Å²) in [6, 6.07) is 4.62. The number of hydrogen-bond acceptors (Lipinski definition) is 5. The Morgan fingerprint density at radius 1 is 1.25 bits per heavy atom. The third-order valence-corrected chi connectivity index (χ3v) is 4.84. The Kier molecular flexibility index (Phi) is 3.00. The van der Waals surface area contributed by atoms with Crippen LogP contribution in [0.5, 0.6) is 0 Å². The molecule has 2 fully saturated rings. The molecule has 5 nitrogen and oxygen atoms in total. The average molecular weight is 287 g/mol. The highest BCUT2D eigenvalue weighted by Gasteiger charge is 2.36. The van der Waals surface area contributed by atoms with Crippen molar-refractivity contribution in [2.24, 2.45) is 5.73 Å². The summed E-state index contributed by atoms with van der Waals surface area (Å²) in [4.78, 5) is 5.42. The molecule has 6 heteroatoms. The SMILES string of the molecule is NCc1ncccc1Sc1nnc(C2CC2)n1C1CC1. The number of hydrogen-bond donors (Lipinski definition) is 1. The third kappa shape index (κ3) is 2.23. The Morgan fingerprint density at radius 2 is 2.10 bits per heavy atom. The van der Waals surface area contributed by atoms with E-state index in [0.717, 1.165) is 15.7 Å². The predicted octanol–water partition coefficient (Wildman–Crippen LogP) is 2.50. The highest BCUT2D eigenvalue weighted by atomic mass is 32.2. The molecule has 0 unspecified atom stereocenters. The molecule has 0 bridgehead atoms. The van der Waals surface area contributed by atoms with E-state index in [9.17, 15) is 0 Å². The highest BCUT2D eigenvalue weighted by molar-refractivity contribution is 7.99. The fourth-order valence-electron chi connectivity index (χ4n) is 2.42. The lowest BCUT2D eigenvalue weighted by Gasteiger charge is -2.09. The normalized spacial score (nSPS) is 18.4. The van der Waals surface area contributed by atoms with Gasteiger partial charge in [0.1, 0.15) is 5.82 Å². The number of aromatic nitrogens is 4. The Balaban J connectivity index is 1.68. The molecule has 0 radical (unpaired) electrons. The molecule has 2 saturated carbocycles. The zero-order chi connectivity index (χ0) is 13.5. The summed E-state index contributed by atoms with van der Waals surface area (Å²) in [6.45, 7) is 0.455. The molecule has 0 saturated heterocycles. The topological polar surface area (TPSA) is 69.6 Å². The minimum atomic E-state index is 0.455. The van der Waals surface area contributed by atoms with Crippen molar-refractivity contribution in [2.45, 2.75) is 54.2 Å². The first-order chi connectivity index (χ1) is 9.86. The van der Waals surface area contributed by atoms with Crippen molar-refractivity contribution in [1.29, 1.82) is 0 Å². The smallest absolute Gasteiger partial charge is 0.196 e. The number of nitrogens with zero attached hydrogens (tertiary/aromatic N) is 4. The Hall–Kier alpha value is -1.40. The van der Waals surface area contributed by atoms with E-state index < -0.39 is 0 Å². The van der Waals surface area contributed by atoms with Crippen LogP contribution in [0.25, 0.3) is 0 Å². The lowest BCUT2D eigenvalue weighted by molar-refractivity contribution is 0.626. The summed E-state index contributed by atoms with van der Waals surface area (Å²) in [7, 11) is 0. The summed E-state index contributed by atoms with van der Waals surface area (Å²) >= 11 is 1.65. The fraction of sp³-hybridized carbons (Fsp3) is 0.500. The second-order valence-electron chi connectivity index (χ2n) is 5.47. The first kappa shape index (κ1) is 12.3. The van der Waals surface area contributed by atoms with Crippen LogP contribution in [0.3, 0.4) is 0 Å². The molecule has 4 rings (SSSR count). The molecule has 0 amide bonds. The van der Waals surface area contributed by atoms with E-state index in [1.54, 1.807) is 18.0 Å². The third-order valence-electron chi connectivity index (χ3n) is 3.79. The van der Waals surface area contributed by atoms with Crippen LogP contribution in [0.2, 0.25) is 0 Å². The average Bonchev–Trinajstić information content (AvgIpc) is 3.39. The minimum Gasteiger partial charge on any atom is -0.325 e. The lowest BCUT2D eigenvalue weighted by Crippen LogP contribution is -2.04. The molecular weight excluding hydrogens is 270 g/mol. The van der Waals surface area contributed by atoms with Gasteiger partial charge in [-0.3, -0.25) is 4.98 Å². The Morgan fingerprint density at radius 3 is 2.80 bits per heavy atom. The van der Waals surface area contributed by atoms with Gasteiger partial charge < -0.3 is 10.3 Å². The Labute approximate surface area is 122 Å². The van der Waals surface area contributed by atoms with Crippen molar-refractivity contribution in [3.8, 4) is 0 Å². The summed E-state index contributed by atoms with van der Waals surface area (Å²) < 4.78 is 2.36. The van der Waals surface area contributed by atoms with E-state index in [1.165, 1.54) is 31.5 Å². The van der Waals surface area contributed by atoms with Gasteiger partial charge in [-0.2, -0.15) is 0 Å². The first-order valence-electron chi connectivity index (χ1n) is 7.13. The number of pyridine rings is 1. The monoisotopic (exact) mass is 287 g/mol. The van der Waals surface area contributed by atoms with Crippen LogP contribution in [0.4, 0.5) is 0 Å². The van der Waals surface area contributed by atoms with Crippen LogP contribution in [-0.4, -0.2) is 19.7 Å². The molecule has 0 atom stereocenters. The van der Waals surface area contributed by atoms with Crippen LogP contribution >= 0.6 is 11.8 Å². The summed E-state index contributed by atoms with van der Waals surface area (Å²) in [5.74, 6) is 1.83. The van der Waals surface area contributed by atoms with Crippen molar-refractivity contribution in [1.82, 2.24) is 19.7 Å². The van der Waals surface area contributed by atoms with Gasteiger partial charge in [0.25, 0.3) is 0 Å². The summed E-state index contributed by atoms with van der Waals surface area (Å²) in [6.07, 6.45) is 6.81. The maximum Gasteiger partial charge on any atom is 0.196 e. The molecule has 2 aromatic heterocycles. The predicted molar refractivity (Wildman–Crippen MR) is 76.5 cm³/mol. The van der Waals surface area contributed by atoms with Crippen LogP contribution < -0.4 is 5.73 Å². The van der Waals surface area contributed by atoms with E-state index in [2.05, 4.69) is 25.8 Å². The quantitative estimate of drug-likeness (QED) is 0.915. The van der Waals surface area contributed by atoms with Gasteiger partial charge in [0.15, 0.2) is 5.16 Å². The molecule has 2 aromatic rings. The van der Waals surface area contributed by atoms with Gasteiger partial charge in [0.2, 0.25) is 0 Å². The van der Waals surface area contributed by atoms with E-state index in [1.807, 2.05) is 6.07 Å². The second kappa shape index (κ2) is 4.86. The number of nitrogens with two attached hydrogens (primary N) is 1. The zero-order valence-corrected chi connectivity index (χ0v) is 12.0. The summed E-state index contributed by atoms with van der Waals surface area (Å²) in [5, 5.41) is 9.85. The van der Waals surface area contributed by atoms with Crippen LogP contribution in [0.1, 0.15) is 49.2 Å². The largest absolute Gasteiger partial charge is 0.325 e. The van der Waals surface area contributed by atoms with Crippen LogP contribution in [0.15, 0.2) is 28.4 Å².